The van der Waals surface area contributed by atoms with Crippen molar-refractivity contribution in [3.63, 3.8) is 0 Å². The number of thiophene rings is 1. The summed E-state index contributed by atoms with van der Waals surface area (Å²) in [6.07, 6.45) is 5.19. The van der Waals surface area contributed by atoms with Crippen molar-refractivity contribution in [3.8, 4) is 0 Å². The summed E-state index contributed by atoms with van der Waals surface area (Å²) in [4.78, 5) is 16.7. The van der Waals surface area contributed by atoms with Gasteiger partial charge in [0.05, 0.1) is 0 Å². The lowest BCUT2D eigenvalue weighted by Gasteiger charge is -2.12. The van der Waals surface area contributed by atoms with Crippen LogP contribution in [-0.2, 0) is 30.5 Å². The second kappa shape index (κ2) is 9.05. The van der Waals surface area contributed by atoms with E-state index in [1.165, 1.54) is 15.8 Å². The highest BCUT2D eigenvalue weighted by Crippen LogP contribution is 2.19. The summed E-state index contributed by atoms with van der Waals surface area (Å²) in [5.74, 6) is 1.13. The van der Waals surface area contributed by atoms with E-state index in [4.69, 9.17) is 4.42 Å². The third-order valence-electron chi connectivity index (χ3n) is 4.85. The number of carbonyl (C=O) groups excluding carboxylic acids is 1. The molecule has 0 radical (unpaired) electrons. The Hall–Kier alpha value is -2.93. The van der Waals surface area contributed by atoms with E-state index in [1.54, 1.807) is 11.3 Å². The Labute approximate surface area is 173 Å². The Morgan fingerprint density at radius 2 is 1.97 bits per heavy atom. The smallest absolute Gasteiger partial charge is 0.220 e. The van der Waals surface area contributed by atoms with Crippen LogP contribution in [0.5, 0.6) is 0 Å². The van der Waals surface area contributed by atoms with Crippen molar-refractivity contribution in [2.45, 2.75) is 45.1 Å². The van der Waals surface area contributed by atoms with Gasteiger partial charge < -0.3 is 14.7 Å². The molecule has 0 aliphatic carbocycles. The van der Waals surface area contributed by atoms with Gasteiger partial charge >= 0.3 is 0 Å². The van der Waals surface area contributed by atoms with Crippen LogP contribution >= 0.6 is 11.3 Å². The molecule has 6 nitrogen and oxygen atoms in total. The Kier molecular flexibility index (Phi) is 6.05. The number of fused-ring (bicyclic) bond motifs is 1. The van der Waals surface area contributed by atoms with Crippen LogP contribution in [0.25, 0.3) is 10.9 Å². The minimum Gasteiger partial charge on any atom is -0.425 e. The fourth-order valence-electron chi connectivity index (χ4n) is 3.42. The van der Waals surface area contributed by atoms with Crippen molar-refractivity contribution in [2.24, 2.45) is 0 Å². The summed E-state index contributed by atoms with van der Waals surface area (Å²) in [6.45, 7) is 2.02. The summed E-state index contributed by atoms with van der Waals surface area (Å²) in [7, 11) is 0. The third kappa shape index (κ3) is 5.12. The van der Waals surface area contributed by atoms with Crippen molar-refractivity contribution in [2.75, 3.05) is 0 Å². The highest BCUT2D eigenvalue weighted by atomic mass is 32.1. The fraction of sp³-hybridized carbons (Fsp3) is 0.318. The average Bonchev–Trinajstić information content (AvgIpc) is 3.46. The van der Waals surface area contributed by atoms with Gasteiger partial charge in [-0.25, -0.2) is 0 Å². The van der Waals surface area contributed by atoms with Crippen LogP contribution in [0.2, 0.25) is 0 Å². The maximum Gasteiger partial charge on any atom is 0.220 e. The highest BCUT2D eigenvalue weighted by Gasteiger charge is 2.12. The van der Waals surface area contributed by atoms with Crippen molar-refractivity contribution < 1.29 is 9.21 Å². The van der Waals surface area contributed by atoms with E-state index < -0.39 is 0 Å². The quantitative estimate of drug-likeness (QED) is 0.437. The largest absolute Gasteiger partial charge is 0.425 e. The number of H-pyrrole nitrogens is 1. The van der Waals surface area contributed by atoms with Gasteiger partial charge in [0.15, 0.2) is 0 Å². The van der Waals surface area contributed by atoms with Gasteiger partial charge in [-0.3, -0.25) is 4.79 Å². The van der Waals surface area contributed by atoms with Gasteiger partial charge in [0.1, 0.15) is 0 Å². The maximum absolute atomic E-state index is 12.2. The number of benzene rings is 1. The molecular weight excluding hydrogens is 384 g/mol. The molecule has 1 amide bonds. The minimum absolute atomic E-state index is 0.00704. The van der Waals surface area contributed by atoms with Gasteiger partial charge in [-0.2, -0.15) is 0 Å². The molecule has 0 saturated heterocycles. The first-order chi connectivity index (χ1) is 14.2. The molecule has 3 heterocycles. The molecule has 0 fully saturated rings. The summed E-state index contributed by atoms with van der Waals surface area (Å²) in [6, 6.07) is 12.5. The zero-order chi connectivity index (χ0) is 20.1. The number of nitrogens with zero attached hydrogens (tertiary/aromatic N) is 2. The maximum atomic E-state index is 12.2. The Balaban J connectivity index is 1.23. The van der Waals surface area contributed by atoms with Gasteiger partial charge in [0, 0.05) is 53.7 Å². The molecule has 0 aliphatic heterocycles. The molecule has 0 bridgehead atoms. The van der Waals surface area contributed by atoms with Crippen LogP contribution in [0.15, 0.2) is 52.4 Å². The lowest BCUT2D eigenvalue weighted by molar-refractivity contribution is -0.121. The van der Waals surface area contributed by atoms with Crippen LogP contribution in [0, 0.1) is 0 Å². The molecule has 1 unspecified atom stereocenters. The minimum atomic E-state index is 0.00704. The molecule has 150 valence electrons. The number of amides is 1. The third-order valence-corrected chi connectivity index (χ3v) is 5.75. The van der Waals surface area contributed by atoms with E-state index in [2.05, 4.69) is 44.1 Å². The Morgan fingerprint density at radius 3 is 2.79 bits per heavy atom. The number of hydrogen-bond donors (Lipinski definition) is 2. The number of hydrogen-bond acceptors (Lipinski definition) is 5. The number of aromatic nitrogens is 3. The topological polar surface area (TPSA) is 83.8 Å². The monoisotopic (exact) mass is 408 g/mol. The molecular formula is C22H24N4O2S. The van der Waals surface area contributed by atoms with Crippen LogP contribution in [0.3, 0.4) is 0 Å². The fourth-order valence-corrected chi connectivity index (χ4v) is 4.25. The zero-order valence-electron chi connectivity index (χ0n) is 16.4. The molecule has 1 aromatic carbocycles. The predicted octanol–water partition coefficient (Wildman–Crippen LogP) is 4.08. The van der Waals surface area contributed by atoms with Crippen LogP contribution in [-0.4, -0.2) is 27.1 Å². The number of nitrogens with one attached hydrogen (secondary N) is 2. The number of aromatic amines is 1. The molecule has 4 rings (SSSR count). The molecule has 3 aromatic heterocycles. The second-order valence-electron chi connectivity index (χ2n) is 7.20. The Bertz CT molecular complexity index is 1070. The van der Waals surface area contributed by atoms with Gasteiger partial charge in [0.25, 0.3) is 0 Å². The molecule has 29 heavy (non-hydrogen) atoms. The van der Waals surface area contributed by atoms with E-state index in [9.17, 15) is 4.79 Å². The molecule has 2 N–H and O–H groups in total. The van der Waals surface area contributed by atoms with Crippen LogP contribution in [0.4, 0.5) is 0 Å². The molecule has 0 saturated carbocycles. The molecule has 0 spiro atoms. The van der Waals surface area contributed by atoms with Crippen LogP contribution < -0.4 is 5.32 Å². The first kappa shape index (κ1) is 19.4. The van der Waals surface area contributed by atoms with Crippen molar-refractivity contribution in [3.05, 3.63) is 70.2 Å². The van der Waals surface area contributed by atoms with E-state index in [1.807, 2.05) is 31.3 Å². The first-order valence-electron chi connectivity index (χ1n) is 9.85. The Morgan fingerprint density at radius 1 is 1.14 bits per heavy atom. The lowest BCUT2D eigenvalue weighted by atomic mass is 10.1. The standard InChI is InChI=1S/C22H24N4O2S/c1-15(13-17-5-4-12-29-17)24-20(27)9-11-22-26-25-21(28-22)10-8-16-14-23-19-7-3-2-6-18(16)19/h2-7,12,14-15,23H,8-11,13H2,1H3,(H,24,27). The summed E-state index contributed by atoms with van der Waals surface area (Å²) < 4.78 is 5.72. The van der Waals surface area contributed by atoms with Crippen LogP contribution in [0.1, 0.15) is 35.6 Å². The summed E-state index contributed by atoms with van der Waals surface area (Å²) in [5.41, 5.74) is 2.37. The first-order valence-corrected chi connectivity index (χ1v) is 10.7. The van der Waals surface area contributed by atoms with E-state index in [-0.39, 0.29) is 11.9 Å². The number of para-hydroxylation sites is 1. The molecule has 4 aromatic rings. The number of carbonyl (C=O) groups is 1. The van der Waals surface area contributed by atoms with Gasteiger partial charge in [-0.05, 0) is 36.4 Å². The molecule has 1 atom stereocenters. The summed E-state index contributed by atoms with van der Waals surface area (Å²) in [5, 5.41) is 14.5. The predicted molar refractivity (Wildman–Crippen MR) is 114 cm³/mol. The van der Waals surface area contributed by atoms with Gasteiger partial charge in [-0.15, -0.1) is 21.5 Å². The molecule has 7 heteroatoms. The van der Waals surface area contributed by atoms with E-state index in [0.717, 1.165) is 18.4 Å². The van der Waals surface area contributed by atoms with Crippen molar-refractivity contribution in [1.82, 2.24) is 20.5 Å². The van der Waals surface area contributed by atoms with Crippen molar-refractivity contribution in [1.29, 1.82) is 0 Å². The zero-order valence-corrected chi connectivity index (χ0v) is 17.2. The number of rotatable bonds is 9. The SMILES string of the molecule is CC(Cc1cccs1)NC(=O)CCc1nnc(CCc2c[nH]c3ccccc23)o1. The van der Waals surface area contributed by atoms with Gasteiger partial charge in [0.2, 0.25) is 17.7 Å². The summed E-state index contributed by atoms with van der Waals surface area (Å²) >= 11 is 1.71. The van der Waals surface area contributed by atoms with Gasteiger partial charge in [-0.1, -0.05) is 24.3 Å². The van der Waals surface area contributed by atoms with Crippen molar-refractivity contribution >= 4 is 28.1 Å². The normalized spacial score (nSPS) is 12.3. The van der Waals surface area contributed by atoms with E-state index >= 15 is 0 Å². The lowest BCUT2D eigenvalue weighted by Crippen LogP contribution is -2.34. The second-order valence-corrected chi connectivity index (χ2v) is 8.23. The highest BCUT2D eigenvalue weighted by molar-refractivity contribution is 7.09. The average molecular weight is 409 g/mol. The number of aryl methyl sites for hydroxylation is 3. The molecule has 0 aliphatic rings. The van der Waals surface area contributed by atoms with E-state index in [0.29, 0.717) is 31.0 Å².